The predicted octanol–water partition coefficient (Wildman–Crippen LogP) is 4.54. The van der Waals surface area contributed by atoms with Crippen LogP contribution in [0.5, 0.6) is 0 Å². The quantitative estimate of drug-likeness (QED) is 0.671. The maximum Gasteiger partial charge on any atom is 0.245 e. The van der Waals surface area contributed by atoms with Crippen LogP contribution in [0.15, 0.2) is 48.7 Å². The molecular weight excluding hydrogens is 349 g/mol. The number of hydrogen-bond acceptors (Lipinski definition) is 4. The number of aryl methyl sites for hydroxylation is 2. The first-order valence-electron chi connectivity index (χ1n) is 8.30. The fourth-order valence-electron chi connectivity index (χ4n) is 2.47. The minimum atomic E-state index is -0.232. The number of thiazole rings is 1. The largest absolute Gasteiger partial charge is 0.376 e. The maximum absolute atomic E-state index is 13.7. The van der Waals surface area contributed by atoms with Crippen LogP contribution >= 0.6 is 11.3 Å². The minimum Gasteiger partial charge on any atom is -0.376 e. The molecular formula is C20H20FN3OS. The normalized spacial score (nSPS) is 10.6. The van der Waals surface area contributed by atoms with Crippen LogP contribution in [0.2, 0.25) is 0 Å². The molecule has 2 N–H and O–H groups in total. The van der Waals surface area contributed by atoms with Crippen molar-refractivity contribution in [2.45, 2.75) is 20.3 Å². The van der Waals surface area contributed by atoms with Crippen molar-refractivity contribution in [1.82, 2.24) is 4.98 Å². The predicted molar refractivity (Wildman–Crippen MR) is 104 cm³/mol. The number of aromatic nitrogens is 1. The summed E-state index contributed by atoms with van der Waals surface area (Å²) in [7, 11) is 0. The van der Waals surface area contributed by atoms with E-state index in [4.69, 9.17) is 0 Å². The molecule has 0 unspecified atom stereocenters. The van der Waals surface area contributed by atoms with Crippen LogP contribution in [0.4, 0.5) is 15.2 Å². The highest BCUT2D eigenvalue weighted by Gasteiger charge is 2.09. The highest BCUT2D eigenvalue weighted by atomic mass is 32.1. The third-order valence-corrected chi connectivity index (χ3v) is 5.00. The summed E-state index contributed by atoms with van der Waals surface area (Å²) in [6.45, 7) is 4.24. The van der Waals surface area contributed by atoms with Gasteiger partial charge < -0.3 is 10.6 Å². The van der Waals surface area contributed by atoms with E-state index in [2.05, 4.69) is 15.6 Å². The molecule has 4 nitrogen and oxygen atoms in total. The van der Waals surface area contributed by atoms with Crippen LogP contribution in [0.3, 0.4) is 0 Å². The van der Waals surface area contributed by atoms with Gasteiger partial charge in [-0.2, -0.15) is 0 Å². The molecule has 0 aliphatic carbocycles. The summed E-state index contributed by atoms with van der Waals surface area (Å²) in [6.07, 6.45) is 2.13. The second-order valence-electron chi connectivity index (χ2n) is 6.10. The topological polar surface area (TPSA) is 54.0 Å². The second-order valence-corrected chi connectivity index (χ2v) is 7.22. The van der Waals surface area contributed by atoms with Gasteiger partial charge in [-0.05, 0) is 48.7 Å². The highest BCUT2D eigenvalue weighted by molar-refractivity contribution is 7.15. The molecule has 0 saturated carbocycles. The molecule has 0 aliphatic heterocycles. The van der Waals surface area contributed by atoms with Crippen molar-refractivity contribution in [3.05, 3.63) is 76.0 Å². The van der Waals surface area contributed by atoms with Gasteiger partial charge in [-0.3, -0.25) is 4.79 Å². The second kappa shape index (κ2) is 8.10. The lowest BCUT2D eigenvalue weighted by molar-refractivity contribution is -0.114. The summed E-state index contributed by atoms with van der Waals surface area (Å²) >= 11 is 1.35. The molecule has 0 spiro atoms. The van der Waals surface area contributed by atoms with Crippen molar-refractivity contribution in [3.8, 4) is 0 Å². The number of amides is 1. The van der Waals surface area contributed by atoms with Crippen LogP contribution in [-0.4, -0.2) is 17.4 Å². The van der Waals surface area contributed by atoms with Gasteiger partial charge in [0.2, 0.25) is 5.91 Å². The van der Waals surface area contributed by atoms with E-state index in [1.807, 2.05) is 32.0 Å². The number of nitrogens with one attached hydrogen (secondary N) is 2. The Hall–Kier alpha value is -2.73. The third-order valence-electron chi connectivity index (χ3n) is 4.08. The van der Waals surface area contributed by atoms with Gasteiger partial charge in [-0.1, -0.05) is 24.3 Å². The zero-order valence-corrected chi connectivity index (χ0v) is 15.5. The average Bonchev–Trinajstić information content (AvgIpc) is 3.05. The van der Waals surface area contributed by atoms with Gasteiger partial charge in [-0.15, -0.1) is 11.3 Å². The van der Waals surface area contributed by atoms with Crippen molar-refractivity contribution < 1.29 is 9.18 Å². The summed E-state index contributed by atoms with van der Waals surface area (Å²) in [6, 6.07) is 12.6. The maximum atomic E-state index is 13.7. The number of benzene rings is 2. The molecule has 3 rings (SSSR count). The molecule has 0 radical (unpaired) electrons. The SMILES string of the molecule is Cc1ccc(NCC(=O)Nc2ncc(Cc3ccccc3F)s2)cc1C. The van der Waals surface area contributed by atoms with Crippen molar-refractivity contribution >= 4 is 28.1 Å². The minimum absolute atomic E-state index is 0.157. The van der Waals surface area contributed by atoms with E-state index in [-0.39, 0.29) is 18.3 Å². The fraction of sp³-hybridized carbons (Fsp3) is 0.200. The zero-order valence-electron chi connectivity index (χ0n) is 14.7. The smallest absolute Gasteiger partial charge is 0.245 e. The van der Waals surface area contributed by atoms with Crippen molar-refractivity contribution in [3.63, 3.8) is 0 Å². The van der Waals surface area contributed by atoms with Gasteiger partial charge in [0.25, 0.3) is 0 Å². The molecule has 0 bridgehead atoms. The molecule has 134 valence electrons. The van der Waals surface area contributed by atoms with E-state index in [1.54, 1.807) is 24.4 Å². The monoisotopic (exact) mass is 369 g/mol. The first-order valence-corrected chi connectivity index (χ1v) is 9.12. The summed E-state index contributed by atoms with van der Waals surface area (Å²) < 4.78 is 13.7. The Balaban J connectivity index is 1.54. The van der Waals surface area contributed by atoms with Crippen LogP contribution in [0.25, 0.3) is 0 Å². The number of hydrogen-bond donors (Lipinski definition) is 2. The number of carbonyl (C=O) groups excluding carboxylic acids is 1. The van der Waals surface area contributed by atoms with E-state index in [0.29, 0.717) is 17.1 Å². The number of halogens is 1. The molecule has 1 heterocycles. The summed E-state index contributed by atoms with van der Waals surface area (Å²) in [5.74, 6) is -0.404. The third kappa shape index (κ3) is 4.67. The van der Waals surface area contributed by atoms with Gasteiger partial charge >= 0.3 is 0 Å². The van der Waals surface area contributed by atoms with Crippen LogP contribution < -0.4 is 10.6 Å². The van der Waals surface area contributed by atoms with Crippen molar-refractivity contribution in [2.24, 2.45) is 0 Å². The highest BCUT2D eigenvalue weighted by Crippen LogP contribution is 2.22. The molecule has 0 aliphatic rings. The molecule has 0 fully saturated rings. The summed E-state index contributed by atoms with van der Waals surface area (Å²) in [5, 5.41) is 6.39. The number of rotatable bonds is 6. The average molecular weight is 369 g/mol. The molecule has 0 saturated heterocycles. The molecule has 1 aromatic heterocycles. The fourth-order valence-corrected chi connectivity index (χ4v) is 3.33. The first kappa shape index (κ1) is 18.1. The Morgan fingerprint density at radius 1 is 1.15 bits per heavy atom. The van der Waals surface area contributed by atoms with Crippen molar-refractivity contribution in [2.75, 3.05) is 17.2 Å². The van der Waals surface area contributed by atoms with Crippen LogP contribution in [-0.2, 0) is 11.2 Å². The summed E-state index contributed by atoms with van der Waals surface area (Å²) in [4.78, 5) is 17.2. The lowest BCUT2D eigenvalue weighted by Crippen LogP contribution is -2.21. The first-order chi connectivity index (χ1) is 12.5. The van der Waals surface area contributed by atoms with Gasteiger partial charge in [-0.25, -0.2) is 9.37 Å². The van der Waals surface area contributed by atoms with E-state index in [1.165, 1.54) is 28.5 Å². The van der Waals surface area contributed by atoms with E-state index in [9.17, 15) is 9.18 Å². The van der Waals surface area contributed by atoms with Gasteiger partial charge in [0.05, 0.1) is 6.54 Å². The molecule has 1 amide bonds. The van der Waals surface area contributed by atoms with Gasteiger partial charge in [0, 0.05) is 23.2 Å². The molecule has 26 heavy (non-hydrogen) atoms. The standard InChI is InChI=1S/C20H20FN3OS/c1-13-7-8-16(9-14(13)2)22-12-19(25)24-20-23-11-17(26-20)10-15-5-3-4-6-18(15)21/h3-9,11,22H,10,12H2,1-2H3,(H,23,24,25). The van der Waals surface area contributed by atoms with Gasteiger partial charge in [0.15, 0.2) is 5.13 Å². The van der Waals surface area contributed by atoms with E-state index < -0.39 is 0 Å². The van der Waals surface area contributed by atoms with Crippen LogP contribution in [0.1, 0.15) is 21.6 Å². The summed E-state index contributed by atoms with van der Waals surface area (Å²) in [5.41, 5.74) is 3.91. The Morgan fingerprint density at radius 3 is 2.73 bits per heavy atom. The lowest BCUT2D eigenvalue weighted by atomic mass is 10.1. The molecule has 3 aromatic rings. The Bertz CT molecular complexity index is 923. The van der Waals surface area contributed by atoms with E-state index >= 15 is 0 Å². The zero-order chi connectivity index (χ0) is 18.5. The number of nitrogens with zero attached hydrogens (tertiary/aromatic N) is 1. The Morgan fingerprint density at radius 2 is 1.96 bits per heavy atom. The van der Waals surface area contributed by atoms with Crippen LogP contribution in [0, 0.1) is 19.7 Å². The Kier molecular flexibility index (Phi) is 5.63. The molecule has 6 heteroatoms. The number of carbonyl (C=O) groups is 1. The molecule has 0 atom stereocenters. The molecule has 2 aromatic carbocycles. The van der Waals surface area contributed by atoms with Gasteiger partial charge in [0.1, 0.15) is 5.82 Å². The van der Waals surface area contributed by atoms with Crippen molar-refractivity contribution in [1.29, 1.82) is 0 Å². The van der Waals surface area contributed by atoms with E-state index in [0.717, 1.165) is 10.6 Å². The number of anilines is 2. The Labute approximate surface area is 156 Å². The lowest BCUT2D eigenvalue weighted by Gasteiger charge is -2.08.